The molecule has 0 radical (unpaired) electrons. The van der Waals surface area contributed by atoms with Crippen molar-refractivity contribution in [2.45, 2.75) is 19.1 Å². The highest BCUT2D eigenvalue weighted by Crippen LogP contribution is 2.22. The van der Waals surface area contributed by atoms with Gasteiger partial charge in [0.25, 0.3) is 5.69 Å². The van der Waals surface area contributed by atoms with Crippen LogP contribution in [0.4, 0.5) is 5.69 Å². The highest BCUT2D eigenvalue weighted by Gasteiger charge is 2.20. The van der Waals surface area contributed by atoms with Gasteiger partial charge in [-0.25, -0.2) is 4.79 Å². The van der Waals surface area contributed by atoms with Gasteiger partial charge in [0.1, 0.15) is 0 Å². The molecule has 1 aliphatic heterocycles. The van der Waals surface area contributed by atoms with Crippen molar-refractivity contribution in [1.82, 2.24) is 0 Å². The quantitative estimate of drug-likeness (QED) is 0.642. The predicted octanol–water partition coefficient (Wildman–Crippen LogP) is 1.60. The van der Waals surface area contributed by atoms with Gasteiger partial charge in [-0.1, -0.05) is 0 Å². The van der Waals surface area contributed by atoms with Crippen molar-refractivity contribution in [3.63, 3.8) is 0 Å². The van der Waals surface area contributed by atoms with E-state index in [9.17, 15) is 14.9 Å². The molecule has 1 aromatic rings. The molecule has 0 aromatic heterocycles. The zero-order valence-electron chi connectivity index (χ0n) is 10.1. The maximum atomic E-state index is 10.9. The Kier molecular flexibility index (Phi) is 4.08. The van der Waals surface area contributed by atoms with E-state index in [0.29, 0.717) is 13.2 Å². The number of ether oxygens (including phenoxy) is 2. The van der Waals surface area contributed by atoms with Crippen molar-refractivity contribution >= 4 is 11.7 Å². The first-order chi connectivity index (χ1) is 9.08. The zero-order chi connectivity index (χ0) is 13.8. The van der Waals surface area contributed by atoms with Crippen molar-refractivity contribution in [2.24, 2.45) is 0 Å². The van der Waals surface area contributed by atoms with E-state index in [1.807, 2.05) is 0 Å². The topological polar surface area (TPSA) is 98.9 Å². The first kappa shape index (κ1) is 13.4. The maximum absolute atomic E-state index is 10.9. The second-order valence-electron chi connectivity index (χ2n) is 4.20. The Morgan fingerprint density at radius 1 is 1.58 bits per heavy atom. The highest BCUT2D eigenvalue weighted by atomic mass is 16.6. The summed E-state index contributed by atoms with van der Waals surface area (Å²) < 4.78 is 10.6. The number of rotatable bonds is 5. The van der Waals surface area contributed by atoms with Gasteiger partial charge in [-0.15, -0.1) is 0 Å². The van der Waals surface area contributed by atoms with Gasteiger partial charge in [0.05, 0.1) is 35.4 Å². The Bertz CT molecular complexity index is 495. The number of nitro benzene ring substituents is 1. The van der Waals surface area contributed by atoms with Gasteiger partial charge in [-0.2, -0.15) is 0 Å². The first-order valence-electron chi connectivity index (χ1n) is 5.78. The Morgan fingerprint density at radius 2 is 2.37 bits per heavy atom. The monoisotopic (exact) mass is 267 g/mol. The molecule has 7 heteroatoms. The third-order valence-corrected chi connectivity index (χ3v) is 2.89. The number of carbonyl (C=O) groups is 1. The van der Waals surface area contributed by atoms with Crippen molar-refractivity contribution in [2.75, 3.05) is 13.2 Å². The summed E-state index contributed by atoms with van der Waals surface area (Å²) >= 11 is 0. The highest BCUT2D eigenvalue weighted by molar-refractivity contribution is 5.88. The fourth-order valence-corrected chi connectivity index (χ4v) is 1.86. The smallest absolute Gasteiger partial charge is 0.335 e. The van der Waals surface area contributed by atoms with Crippen LogP contribution in [0.5, 0.6) is 0 Å². The molecular weight excluding hydrogens is 254 g/mol. The van der Waals surface area contributed by atoms with Gasteiger partial charge in [-0.05, 0) is 18.6 Å². The van der Waals surface area contributed by atoms with Crippen LogP contribution in [0.25, 0.3) is 0 Å². The van der Waals surface area contributed by atoms with Gasteiger partial charge >= 0.3 is 5.97 Å². The number of hydrogen-bond acceptors (Lipinski definition) is 5. The van der Waals surface area contributed by atoms with Crippen molar-refractivity contribution in [3.8, 4) is 0 Å². The molecule has 7 nitrogen and oxygen atoms in total. The second kappa shape index (κ2) is 5.77. The zero-order valence-corrected chi connectivity index (χ0v) is 10.1. The van der Waals surface area contributed by atoms with E-state index < -0.39 is 10.9 Å². The summed E-state index contributed by atoms with van der Waals surface area (Å²) in [5.41, 5.74) is 0.132. The van der Waals surface area contributed by atoms with Crippen LogP contribution in [0.15, 0.2) is 18.2 Å². The molecule has 1 fully saturated rings. The van der Waals surface area contributed by atoms with E-state index in [2.05, 4.69) is 0 Å². The van der Waals surface area contributed by atoms with Crippen molar-refractivity contribution in [1.29, 1.82) is 0 Å². The van der Waals surface area contributed by atoms with Crippen molar-refractivity contribution < 1.29 is 24.3 Å². The molecule has 0 amide bonds. The maximum Gasteiger partial charge on any atom is 0.335 e. The summed E-state index contributed by atoms with van der Waals surface area (Å²) in [6, 6.07) is 3.67. The van der Waals surface area contributed by atoms with Crippen LogP contribution in [0.3, 0.4) is 0 Å². The third kappa shape index (κ3) is 3.27. The Hall–Kier alpha value is -1.99. The summed E-state index contributed by atoms with van der Waals surface area (Å²) in [5, 5.41) is 19.8. The minimum Gasteiger partial charge on any atom is -0.478 e. The number of nitrogens with zero attached hydrogens (tertiary/aromatic N) is 1. The average Bonchev–Trinajstić information content (AvgIpc) is 2.88. The molecule has 102 valence electrons. The lowest BCUT2D eigenvalue weighted by Crippen LogP contribution is -2.13. The summed E-state index contributed by atoms with van der Waals surface area (Å²) in [6.07, 6.45) is 0.653. The standard InChI is InChI=1S/C12H13NO6/c14-12(15)8-1-2-11(13(16)17)9(5-8)6-19-10-3-4-18-7-10/h1-2,5,10H,3-4,6-7H2,(H,14,15)/t10-/m0/s1. The molecule has 0 saturated carbocycles. The predicted molar refractivity (Wildman–Crippen MR) is 64.1 cm³/mol. The normalized spacial score (nSPS) is 18.4. The SMILES string of the molecule is O=C(O)c1ccc([N+](=O)[O-])c(CO[C@H]2CCOC2)c1. The molecule has 0 unspecified atom stereocenters. The molecule has 0 spiro atoms. The fourth-order valence-electron chi connectivity index (χ4n) is 1.86. The molecule has 1 atom stereocenters. The number of hydrogen-bond donors (Lipinski definition) is 1. The Balaban J connectivity index is 2.16. The number of carboxylic acids is 1. The number of benzene rings is 1. The van der Waals surface area contributed by atoms with E-state index >= 15 is 0 Å². The van der Waals surface area contributed by atoms with Crippen LogP contribution < -0.4 is 0 Å². The van der Waals surface area contributed by atoms with E-state index in [-0.39, 0.29) is 29.5 Å². The molecule has 19 heavy (non-hydrogen) atoms. The van der Waals surface area contributed by atoms with Gasteiger partial charge in [0.15, 0.2) is 0 Å². The lowest BCUT2D eigenvalue weighted by atomic mass is 10.1. The molecule has 1 saturated heterocycles. The largest absolute Gasteiger partial charge is 0.478 e. The minimum atomic E-state index is -1.12. The first-order valence-corrected chi connectivity index (χ1v) is 5.78. The molecule has 2 rings (SSSR count). The van der Waals surface area contributed by atoms with Crippen LogP contribution in [-0.2, 0) is 16.1 Å². The third-order valence-electron chi connectivity index (χ3n) is 2.89. The van der Waals surface area contributed by atoms with Crippen LogP contribution in [0, 0.1) is 10.1 Å². The van der Waals surface area contributed by atoms with E-state index in [4.69, 9.17) is 14.6 Å². The molecule has 1 N–H and O–H groups in total. The molecule has 1 aliphatic rings. The van der Waals surface area contributed by atoms with Crippen LogP contribution in [0.1, 0.15) is 22.3 Å². The van der Waals surface area contributed by atoms with Gasteiger partial charge < -0.3 is 14.6 Å². The summed E-state index contributed by atoms with van der Waals surface area (Å²) in [4.78, 5) is 21.2. The van der Waals surface area contributed by atoms with Gasteiger partial charge in [0, 0.05) is 12.7 Å². The van der Waals surface area contributed by atoms with Crippen LogP contribution in [0.2, 0.25) is 0 Å². The Morgan fingerprint density at radius 3 is 2.95 bits per heavy atom. The van der Waals surface area contributed by atoms with Gasteiger partial charge in [-0.3, -0.25) is 10.1 Å². The summed E-state index contributed by atoms with van der Waals surface area (Å²) in [5.74, 6) is -1.12. The lowest BCUT2D eigenvalue weighted by molar-refractivity contribution is -0.386. The lowest BCUT2D eigenvalue weighted by Gasteiger charge is -2.10. The van der Waals surface area contributed by atoms with E-state index in [1.54, 1.807) is 0 Å². The van der Waals surface area contributed by atoms with E-state index in [1.165, 1.54) is 18.2 Å². The van der Waals surface area contributed by atoms with E-state index in [0.717, 1.165) is 6.42 Å². The minimum absolute atomic E-state index is 0.00542. The fraction of sp³-hybridized carbons (Fsp3) is 0.417. The molecular formula is C12H13NO6. The van der Waals surface area contributed by atoms with Crippen LogP contribution >= 0.6 is 0 Å². The summed E-state index contributed by atoms with van der Waals surface area (Å²) in [6.45, 7) is 1.08. The van der Waals surface area contributed by atoms with Crippen molar-refractivity contribution in [3.05, 3.63) is 39.4 Å². The average molecular weight is 267 g/mol. The number of carboxylic acid groups (broad SMARTS) is 1. The molecule has 1 heterocycles. The number of aromatic carboxylic acids is 1. The molecule has 0 aliphatic carbocycles. The Labute approximate surface area is 108 Å². The molecule has 1 aromatic carbocycles. The van der Waals surface area contributed by atoms with Gasteiger partial charge in [0.2, 0.25) is 0 Å². The second-order valence-corrected chi connectivity index (χ2v) is 4.20. The summed E-state index contributed by atoms with van der Waals surface area (Å²) in [7, 11) is 0. The van der Waals surface area contributed by atoms with Crippen LogP contribution in [-0.4, -0.2) is 35.3 Å². The number of nitro groups is 1. The molecule has 0 bridgehead atoms.